The lowest BCUT2D eigenvalue weighted by Crippen LogP contribution is -2.45. The van der Waals surface area contributed by atoms with Crippen LogP contribution in [0.25, 0.3) is 0 Å². The smallest absolute Gasteiger partial charge is 0.266 e. The Kier molecular flexibility index (Phi) is 3.92. The predicted octanol–water partition coefficient (Wildman–Crippen LogP) is 2.84. The fourth-order valence-electron chi connectivity index (χ4n) is 4.47. The zero-order chi connectivity index (χ0) is 18.4. The Hall–Kier alpha value is -2.43. The third kappa shape index (κ3) is 2.99. The average molecular weight is 363 g/mol. The summed E-state index contributed by atoms with van der Waals surface area (Å²) >= 11 is 0. The first-order valence-electron chi connectivity index (χ1n) is 10.1. The lowest BCUT2D eigenvalue weighted by atomic mass is 9.94. The van der Waals surface area contributed by atoms with E-state index in [4.69, 9.17) is 0 Å². The molecule has 1 amide bonds. The minimum absolute atomic E-state index is 0.0668. The largest absolute Gasteiger partial charge is 0.337 e. The van der Waals surface area contributed by atoms with E-state index in [1.54, 1.807) is 10.7 Å². The number of amides is 1. The summed E-state index contributed by atoms with van der Waals surface area (Å²) in [6.45, 7) is 1.30. The number of nitrogens with zero attached hydrogens (tertiary/aromatic N) is 3. The number of hydrogen-bond donors (Lipinski definition) is 0. The molecule has 5 heteroatoms. The van der Waals surface area contributed by atoms with E-state index in [0.29, 0.717) is 12.5 Å². The standard InChI is InChI=1S/C22H25N3O2/c26-20-11-10-19(16-8-9-16)23-25(20)15-18-7-4-14-24(18)21(27)22(12-13-22)17-5-2-1-3-6-17/h1-3,5-6,10-11,16,18H,4,7-9,12-15H2. The van der Waals surface area contributed by atoms with E-state index in [0.717, 1.165) is 43.5 Å². The SMILES string of the molecule is O=C(N1CCCC1Cn1nc(C2CC2)ccc1=O)C1(c2ccccc2)CC1. The van der Waals surface area contributed by atoms with Crippen molar-refractivity contribution in [3.8, 4) is 0 Å². The first-order valence-corrected chi connectivity index (χ1v) is 10.1. The molecule has 2 heterocycles. The van der Waals surface area contributed by atoms with Crippen molar-refractivity contribution in [3.05, 3.63) is 64.1 Å². The van der Waals surface area contributed by atoms with E-state index in [2.05, 4.69) is 17.2 Å². The van der Waals surface area contributed by atoms with Crippen molar-refractivity contribution >= 4 is 5.91 Å². The average Bonchev–Trinajstić information content (AvgIpc) is 3.61. The molecule has 2 aromatic rings. The number of hydrogen-bond acceptors (Lipinski definition) is 3. The van der Waals surface area contributed by atoms with Crippen molar-refractivity contribution in [2.75, 3.05) is 6.54 Å². The lowest BCUT2D eigenvalue weighted by molar-refractivity contribution is -0.135. The summed E-state index contributed by atoms with van der Waals surface area (Å²) in [6, 6.07) is 13.7. The van der Waals surface area contributed by atoms with Gasteiger partial charge in [0.15, 0.2) is 0 Å². The summed E-state index contributed by atoms with van der Waals surface area (Å²) < 4.78 is 1.59. The molecule has 0 N–H and O–H groups in total. The van der Waals surface area contributed by atoms with E-state index in [-0.39, 0.29) is 22.9 Å². The quantitative estimate of drug-likeness (QED) is 0.821. The number of benzene rings is 1. The summed E-state index contributed by atoms with van der Waals surface area (Å²) in [5, 5.41) is 4.59. The minimum Gasteiger partial charge on any atom is -0.337 e. The second kappa shape index (κ2) is 6.32. The van der Waals surface area contributed by atoms with Gasteiger partial charge in [-0.15, -0.1) is 0 Å². The maximum Gasteiger partial charge on any atom is 0.266 e. The third-order valence-corrected chi connectivity index (χ3v) is 6.39. The molecule has 1 unspecified atom stereocenters. The highest BCUT2D eigenvalue weighted by atomic mass is 16.2. The lowest BCUT2D eigenvalue weighted by Gasteiger charge is -2.29. The van der Waals surface area contributed by atoms with Gasteiger partial charge in [-0.1, -0.05) is 30.3 Å². The number of carbonyl (C=O) groups is 1. The van der Waals surface area contributed by atoms with Crippen molar-refractivity contribution in [1.29, 1.82) is 0 Å². The van der Waals surface area contributed by atoms with Gasteiger partial charge in [-0.2, -0.15) is 5.10 Å². The van der Waals surface area contributed by atoms with Gasteiger partial charge in [0.25, 0.3) is 5.56 Å². The van der Waals surface area contributed by atoms with Crippen molar-refractivity contribution in [1.82, 2.24) is 14.7 Å². The normalized spacial score (nSPS) is 23.4. The van der Waals surface area contributed by atoms with Crippen molar-refractivity contribution in [2.24, 2.45) is 0 Å². The maximum absolute atomic E-state index is 13.4. The highest BCUT2D eigenvalue weighted by Gasteiger charge is 2.54. The van der Waals surface area contributed by atoms with Gasteiger partial charge in [0.05, 0.1) is 23.7 Å². The van der Waals surface area contributed by atoms with Crippen LogP contribution in [0.15, 0.2) is 47.3 Å². The summed E-state index contributed by atoms with van der Waals surface area (Å²) in [5.41, 5.74) is 1.75. The van der Waals surface area contributed by atoms with E-state index in [1.165, 1.54) is 12.8 Å². The number of aromatic nitrogens is 2. The number of carbonyl (C=O) groups excluding carboxylic acids is 1. The van der Waals surface area contributed by atoms with Crippen molar-refractivity contribution in [2.45, 2.75) is 62.4 Å². The molecule has 0 spiro atoms. The van der Waals surface area contributed by atoms with Gasteiger partial charge in [-0.25, -0.2) is 4.68 Å². The van der Waals surface area contributed by atoms with Crippen LogP contribution in [-0.2, 0) is 16.8 Å². The second-order valence-corrected chi connectivity index (χ2v) is 8.30. The molecule has 1 atom stereocenters. The van der Waals surface area contributed by atoms with Crippen LogP contribution in [0.3, 0.4) is 0 Å². The van der Waals surface area contributed by atoms with E-state index < -0.39 is 0 Å². The number of likely N-dealkylation sites (tertiary alicyclic amines) is 1. The fourth-order valence-corrected chi connectivity index (χ4v) is 4.47. The first-order chi connectivity index (χ1) is 13.2. The highest BCUT2D eigenvalue weighted by Crippen LogP contribution is 2.50. The molecule has 1 aliphatic heterocycles. The van der Waals surface area contributed by atoms with Gasteiger partial charge in [0, 0.05) is 18.5 Å². The third-order valence-electron chi connectivity index (χ3n) is 6.39. The molecule has 5 rings (SSSR count). The van der Waals surface area contributed by atoms with Crippen LogP contribution in [0.4, 0.5) is 0 Å². The van der Waals surface area contributed by atoms with Gasteiger partial charge < -0.3 is 4.90 Å². The molecular weight excluding hydrogens is 338 g/mol. The topological polar surface area (TPSA) is 55.2 Å². The molecule has 1 aromatic heterocycles. The van der Waals surface area contributed by atoms with Gasteiger partial charge >= 0.3 is 0 Å². The molecule has 27 heavy (non-hydrogen) atoms. The monoisotopic (exact) mass is 363 g/mol. The molecule has 2 aliphatic carbocycles. The molecular formula is C22H25N3O2. The first kappa shape index (κ1) is 16.7. The van der Waals surface area contributed by atoms with Gasteiger partial charge in [-0.05, 0) is 50.2 Å². The highest BCUT2D eigenvalue weighted by molar-refractivity contribution is 5.91. The molecule has 1 saturated heterocycles. The van der Waals surface area contributed by atoms with Crippen LogP contribution in [0, 0.1) is 0 Å². The molecule has 1 aromatic carbocycles. The van der Waals surface area contributed by atoms with Crippen molar-refractivity contribution in [3.63, 3.8) is 0 Å². The summed E-state index contributed by atoms with van der Waals surface area (Å²) in [4.78, 5) is 27.8. The van der Waals surface area contributed by atoms with E-state index >= 15 is 0 Å². The summed E-state index contributed by atoms with van der Waals surface area (Å²) in [6.07, 6.45) is 6.12. The van der Waals surface area contributed by atoms with Gasteiger partial charge in [0.2, 0.25) is 5.91 Å². The Morgan fingerprint density at radius 1 is 1.07 bits per heavy atom. The van der Waals surface area contributed by atoms with Crippen LogP contribution in [0.5, 0.6) is 0 Å². The Morgan fingerprint density at radius 3 is 2.56 bits per heavy atom. The zero-order valence-corrected chi connectivity index (χ0v) is 15.5. The van der Waals surface area contributed by atoms with Crippen LogP contribution < -0.4 is 5.56 Å². The Bertz CT molecular complexity index is 913. The Morgan fingerprint density at radius 2 is 1.85 bits per heavy atom. The van der Waals surface area contributed by atoms with Crippen molar-refractivity contribution < 1.29 is 4.79 Å². The Labute approximate surface area is 159 Å². The minimum atomic E-state index is -0.335. The van der Waals surface area contributed by atoms with Crippen LogP contribution >= 0.6 is 0 Å². The van der Waals surface area contributed by atoms with Crippen LogP contribution in [0.1, 0.15) is 55.7 Å². The Balaban J connectivity index is 1.37. The molecule has 5 nitrogen and oxygen atoms in total. The molecule has 3 fully saturated rings. The van der Waals surface area contributed by atoms with Gasteiger partial charge in [-0.3, -0.25) is 9.59 Å². The molecule has 0 radical (unpaired) electrons. The fraction of sp³-hybridized carbons (Fsp3) is 0.500. The van der Waals surface area contributed by atoms with E-state index in [9.17, 15) is 9.59 Å². The summed E-state index contributed by atoms with van der Waals surface area (Å²) in [5.74, 6) is 0.758. The van der Waals surface area contributed by atoms with E-state index in [1.807, 2.05) is 29.2 Å². The predicted molar refractivity (Wildman–Crippen MR) is 103 cm³/mol. The zero-order valence-electron chi connectivity index (χ0n) is 15.5. The molecule has 0 bridgehead atoms. The van der Waals surface area contributed by atoms with Crippen LogP contribution in [0.2, 0.25) is 0 Å². The van der Waals surface area contributed by atoms with Crippen LogP contribution in [-0.4, -0.2) is 33.2 Å². The second-order valence-electron chi connectivity index (χ2n) is 8.30. The maximum atomic E-state index is 13.4. The number of rotatable bonds is 5. The summed E-state index contributed by atoms with van der Waals surface area (Å²) in [7, 11) is 0. The van der Waals surface area contributed by atoms with Gasteiger partial charge in [0.1, 0.15) is 0 Å². The molecule has 2 saturated carbocycles. The molecule has 140 valence electrons. The molecule has 3 aliphatic rings.